The highest BCUT2D eigenvalue weighted by atomic mass is 19.1. The van der Waals surface area contributed by atoms with Gasteiger partial charge in [-0.15, -0.1) is 0 Å². The number of amides is 3. The molecule has 2 aliphatic rings. The van der Waals surface area contributed by atoms with Crippen molar-refractivity contribution in [1.29, 1.82) is 0 Å². The lowest BCUT2D eigenvalue weighted by atomic mass is 9.98. The molecule has 3 amide bonds. The average Bonchev–Trinajstić information content (AvgIpc) is 3.51. The zero-order valence-corrected chi connectivity index (χ0v) is 26.4. The van der Waals surface area contributed by atoms with Gasteiger partial charge in [0, 0.05) is 50.4 Å². The number of rotatable bonds is 9. The maximum Gasteiger partial charge on any atom is 0.410 e. The third-order valence-corrected chi connectivity index (χ3v) is 7.63. The van der Waals surface area contributed by atoms with E-state index in [1.807, 2.05) is 19.9 Å². The van der Waals surface area contributed by atoms with Crippen molar-refractivity contribution in [2.75, 3.05) is 32.8 Å². The van der Waals surface area contributed by atoms with Gasteiger partial charge < -0.3 is 29.3 Å². The van der Waals surface area contributed by atoms with Crippen LogP contribution in [0.4, 0.5) is 14.0 Å². The number of pyridine rings is 1. The van der Waals surface area contributed by atoms with E-state index in [4.69, 9.17) is 14.2 Å². The molecule has 2 fully saturated rings. The van der Waals surface area contributed by atoms with Gasteiger partial charge in [0.05, 0.1) is 12.7 Å². The van der Waals surface area contributed by atoms with Gasteiger partial charge in [-0.3, -0.25) is 4.79 Å². The number of nitrogens with zero attached hydrogens (tertiary/aromatic N) is 3. The summed E-state index contributed by atoms with van der Waals surface area (Å²) in [5.74, 6) is 0.0728. The smallest absolute Gasteiger partial charge is 0.410 e. The molecule has 4 rings (SSSR count). The SMILES string of the molecule is CC(C)OC(=O)N1CCC(COc2ccc(-c3ccc(C[C@H](NC(=O)OC(C)(C)C)C(=O)N4CCCC4)c(F)c3)cn2)CC1. The summed E-state index contributed by atoms with van der Waals surface area (Å²) in [7, 11) is 0. The molecule has 0 spiro atoms. The number of hydrogen-bond donors (Lipinski definition) is 1. The molecule has 0 radical (unpaired) electrons. The molecule has 0 unspecified atom stereocenters. The lowest BCUT2D eigenvalue weighted by molar-refractivity contribution is -0.132. The van der Waals surface area contributed by atoms with E-state index >= 15 is 4.39 Å². The fraction of sp³-hybridized carbons (Fsp3) is 0.576. The van der Waals surface area contributed by atoms with Gasteiger partial charge >= 0.3 is 12.2 Å². The van der Waals surface area contributed by atoms with Crippen LogP contribution >= 0.6 is 0 Å². The van der Waals surface area contributed by atoms with Gasteiger partial charge in [-0.25, -0.2) is 19.0 Å². The highest BCUT2D eigenvalue weighted by Gasteiger charge is 2.30. The summed E-state index contributed by atoms with van der Waals surface area (Å²) in [6.45, 7) is 11.9. The molecule has 1 aromatic heterocycles. The van der Waals surface area contributed by atoms with E-state index in [-0.39, 0.29) is 24.5 Å². The third-order valence-electron chi connectivity index (χ3n) is 7.63. The van der Waals surface area contributed by atoms with Gasteiger partial charge in [-0.05, 0) is 89.5 Å². The lowest BCUT2D eigenvalue weighted by Crippen LogP contribution is -2.50. The van der Waals surface area contributed by atoms with Crippen molar-refractivity contribution in [3.63, 3.8) is 0 Å². The van der Waals surface area contributed by atoms with Gasteiger partial charge in [-0.2, -0.15) is 0 Å². The summed E-state index contributed by atoms with van der Waals surface area (Å²) >= 11 is 0. The van der Waals surface area contributed by atoms with Crippen LogP contribution in [0, 0.1) is 11.7 Å². The van der Waals surface area contributed by atoms with E-state index in [1.165, 1.54) is 6.07 Å². The Labute approximate surface area is 259 Å². The van der Waals surface area contributed by atoms with E-state index in [0.29, 0.717) is 55.7 Å². The summed E-state index contributed by atoms with van der Waals surface area (Å²) in [6, 6.07) is 7.47. The second-order valence-corrected chi connectivity index (χ2v) is 12.8. The largest absolute Gasteiger partial charge is 0.477 e. The summed E-state index contributed by atoms with van der Waals surface area (Å²) in [4.78, 5) is 45.6. The fourth-order valence-electron chi connectivity index (χ4n) is 5.32. The molecule has 0 bridgehead atoms. The van der Waals surface area contributed by atoms with Crippen molar-refractivity contribution in [3.8, 4) is 17.0 Å². The number of carbonyl (C=O) groups excluding carboxylic acids is 3. The lowest BCUT2D eigenvalue weighted by Gasteiger charge is -2.31. The molecular weight excluding hydrogens is 567 g/mol. The average molecular weight is 613 g/mol. The Hall–Kier alpha value is -3.89. The zero-order valence-electron chi connectivity index (χ0n) is 26.4. The normalized spacial score (nSPS) is 16.5. The Kier molecular flexibility index (Phi) is 11.0. The van der Waals surface area contributed by atoms with Crippen LogP contribution in [-0.2, 0) is 20.7 Å². The zero-order chi connectivity index (χ0) is 31.9. The standard InChI is InChI=1S/C33H45FN4O6/c1-22(2)43-32(41)38-16-12-23(13-17-38)21-42-29-11-10-26(20-35-29)24-8-9-25(27(34)18-24)19-28(30(39)37-14-6-7-15-37)36-31(40)44-33(3,4)5/h8-11,18,20,22-23,28H,6-7,12-17,19,21H2,1-5H3,(H,36,40)/t28-/m0/s1. The number of aromatic nitrogens is 1. The van der Waals surface area contributed by atoms with E-state index in [2.05, 4.69) is 10.3 Å². The topological polar surface area (TPSA) is 110 Å². The number of piperidine rings is 1. The van der Waals surface area contributed by atoms with Crippen LogP contribution in [0.5, 0.6) is 5.88 Å². The molecule has 11 heteroatoms. The molecule has 1 aromatic carbocycles. The molecule has 3 heterocycles. The van der Waals surface area contributed by atoms with Gasteiger partial charge in [-0.1, -0.05) is 12.1 Å². The van der Waals surface area contributed by atoms with Gasteiger partial charge in [0.25, 0.3) is 0 Å². The van der Waals surface area contributed by atoms with E-state index < -0.39 is 23.6 Å². The molecule has 2 aliphatic heterocycles. The number of alkyl carbamates (subject to hydrolysis) is 1. The fourth-order valence-corrected chi connectivity index (χ4v) is 5.32. The van der Waals surface area contributed by atoms with Crippen LogP contribution in [0.15, 0.2) is 36.5 Å². The monoisotopic (exact) mass is 612 g/mol. The van der Waals surface area contributed by atoms with Crippen molar-refractivity contribution < 1.29 is 33.0 Å². The molecule has 10 nitrogen and oxygen atoms in total. The molecular formula is C33H45FN4O6. The summed E-state index contributed by atoms with van der Waals surface area (Å²) in [6.07, 6.45) is 3.99. The van der Waals surface area contributed by atoms with Gasteiger partial charge in [0.15, 0.2) is 0 Å². The number of carbonyl (C=O) groups is 3. The molecule has 2 saturated heterocycles. The Morgan fingerprint density at radius 3 is 2.27 bits per heavy atom. The van der Waals surface area contributed by atoms with Gasteiger partial charge in [0.1, 0.15) is 17.5 Å². The second kappa shape index (κ2) is 14.7. The van der Waals surface area contributed by atoms with Crippen LogP contribution in [0.2, 0.25) is 0 Å². The molecule has 2 aromatic rings. The second-order valence-electron chi connectivity index (χ2n) is 12.8. The molecule has 1 atom stereocenters. The minimum Gasteiger partial charge on any atom is -0.477 e. The maximum absolute atomic E-state index is 15.3. The Bertz CT molecular complexity index is 1280. The summed E-state index contributed by atoms with van der Waals surface area (Å²) < 4.78 is 31.9. The first-order chi connectivity index (χ1) is 20.9. The third kappa shape index (κ3) is 9.56. The Morgan fingerprint density at radius 1 is 1.00 bits per heavy atom. The van der Waals surface area contributed by atoms with Crippen LogP contribution in [0.3, 0.4) is 0 Å². The molecule has 1 N–H and O–H groups in total. The summed E-state index contributed by atoms with van der Waals surface area (Å²) in [5.41, 5.74) is 0.943. The molecule has 0 saturated carbocycles. The first kappa shape index (κ1) is 33.0. The molecule has 0 aliphatic carbocycles. The first-order valence-corrected chi connectivity index (χ1v) is 15.5. The van der Waals surface area contributed by atoms with Crippen LogP contribution in [0.1, 0.15) is 65.9 Å². The van der Waals surface area contributed by atoms with E-state index in [9.17, 15) is 14.4 Å². The van der Waals surface area contributed by atoms with Crippen LogP contribution in [-0.4, -0.2) is 83.4 Å². The van der Waals surface area contributed by atoms with Crippen molar-refractivity contribution in [2.24, 2.45) is 5.92 Å². The van der Waals surface area contributed by atoms with E-state index in [0.717, 1.165) is 31.2 Å². The first-order valence-electron chi connectivity index (χ1n) is 15.5. The number of benzene rings is 1. The quantitative estimate of drug-likeness (QED) is 0.394. The predicted octanol–water partition coefficient (Wildman–Crippen LogP) is 5.58. The summed E-state index contributed by atoms with van der Waals surface area (Å²) in [5, 5.41) is 2.66. The highest BCUT2D eigenvalue weighted by Crippen LogP contribution is 2.25. The van der Waals surface area contributed by atoms with Crippen molar-refractivity contribution >= 4 is 18.1 Å². The number of halogens is 1. The van der Waals surface area contributed by atoms with Crippen LogP contribution < -0.4 is 10.1 Å². The van der Waals surface area contributed by atoms with Crippen molar-refractivity contribution in [3.05, 3.63) is 47.9 Å². The minimum atomic E-state index is -0.942. The van der Waals surface area contributed by atoms with E-state index in [1.54, 1.807) is 55.0 Å². The number of hydrogen-bond acceptors (Lipinski definition) is 7. The molecule has 44 heavy (non-hydrogen) atoms. The molecule has 240 valence electrons. The predicted molar refractivity (Wildman–Crippen MR) is 164 cm³/mol. The number of ether oxygens (including phenoxy) is 3. The van der Waals surface area contributed by atoms with Crippen LogP contribution in [0.25, 0.3) is 11.1 Å². The van der Waals surface area contributed by atoms with Crippen molar-refractivity contribution in [2.45, 2.75) is 84.5 Å². The van der Waals surface area contributed by atoms with Crippen molar-refractivity contribution in [1.82, 2.24) is 20.1 Å². The Morgan fingerprint density at radius 2 is 1.68 bits per heavy atom. The number of nitrogens with one attached hydrogen (secondary N) is 1. The van der Waals surface area contributed by atoms with Gasteiger partial charge in [0.2, 0.25) is 11.8 Å². The minimum absolute atomic E-state index is 0.00353. The Balaban J connectivity index is 1.34. The number of likely N-dealkylation sites (tertiary alicyclic amines) is 2. The highest BCUT2D eigenvalue weighted by molar-refractivity contribution is 5.86. The maximum atomic E-state index is 15.3.